The fourth-order valence-electron chi connectivity index (χ4n) is 8.56. The van der Waals surface area contributed by atoms with Gasteiger partial charge in [-0.2, -0.15) is 0 Å². The molecule has 39 heavy (non-hydrogen) atoms. The first-order valence-corrected chi connectivity index (χ1v) is 15.2. The van der Waals surface area contributed by atoms with E-state index in [2.05, 4.69) is 6.92 Å². The molecule has 0 saturated heterocycles. The molecule has 0 amide bonds. The van der Waals surface area contributed by atoms with Crippen molar-refractivity contribution in [3.8, 4) is 0 Å². The van der Waals surface area contributed by atoms with E-state index in [-0.39, 0.29) is 23.2 Å². The molecule has 220 valence electrons. The summed E-state index contributed by atoms with van der Waals surface area (Å²) in [5, 5.41) is 44.5. The lowest BCUT2D eigenvalue weighted by molar-refractivity contribution is -0.191. The Morgan fingerprint density at radius 2 is 1.62 bits per heavy atom. The maximum absolute atomic E-state index is 14.4. The van der Waals surface area contributed by atoms with Gasteiger partial charge >= 0.3 is 5.97 Å². The Morgan fingerprint density at radius 3 is 2.21 bits per heavy atom. The summed E-state index contributed by atoms with van der Waals surface area (Å²) in [7, 11) is 0. The van der Waals surface area contributed by atoms with E-state index in [4.69, 9.17) is 4.74 Å². The van der Waals surface area contributed by atoms with Crippen LogP contribution in [0.5, 0.6) is 0 Å². The van der Waals surface area contributed by atoms with Crippen LogP contribution in [-0.2, 0) is 14.3 Å². The summed E-state index contributed by atoms with van der Waals surface area (Å²) in [6, 6.07) is 0. The van der Waals surface area contributed by atoms with E-state index < -0.39 is 52.7 Å². The minimum atomic E-state index is -2.21. The molecular weight excluding hydrogens is 496 g/mol. The van der Waals surface area contributed by atoms with Gasteiger partial charge in [0, 0.05) is 23.7 Å². The van der Waals surface area contributed by atoms with Gasteiger partial charge < -0.3 is 25.2 Å². The first-order chi connectivity index (χ1) is 18.4. The lowest BCUT2D eigenvalue weighted by Gasteiger charge is -2.48. The van der Waals surface area contributed by atoms with Crippen LogP contribution in [0.2, 0.25) is 0 Å². The van der Waals surface area contributed by atoms with E-state index in [0.717, 1.165) is 19.3 Å². The number of carbonyl (C=O) groups is 2. The normalized spacial score (nSPS) is 40.1. The predicted molar refractivity (Wildman–Crippen MR) is 149 cm³/mol. The van der Waals surface area contributed by atoms with Crippen LogP contribution >= 0.6 is 0 Å². The number of ether oxygens (including phenoxy) is 1. The van der Waals surface area contributed by atoms with E-state index in [1.807, 2.05) is 20.8 Å². The molecule has 7 nitrogen and oxygen atoms in total. The largest absolute Gasteiger partial charge is 0.458 e. The SMILES string of the molecule is CCCCCCCCCCCC(=O)O[C@@]12C[C@@H](C)[C@]34C=C(C)[C@H](O)[C@@]3(O)[C@H](O)C(CO)=C[C@@H](C4=O)[C@@H]1C2(C)C. The third-order valence-electron chi connectivity index (χ3n) is 10.8. The number of hydrogen-bond acceptors (Lipinski definition) is 7. The highest BCUT2D eigenvalue weighted by Crippen LogP contribution is 2.75. The number of aliphatic hydroxyl groups is 4. The van der Waals surface area contributed by atoms with Crippen LogP contribution < -0.4 is 0 Å². The first-order valence-electron chi connectivity index (χ1n) is 15.2. The lowest BCUT2D eigenvalue weighted by atomic mass is 9.59. The highest BCUT2D eigenvalue weighted by molar-refractivity contribution is 5.95. The van der Waals surface area contributed by atoms with Gasteiger partial charge in [-0.15, -0.1) is 0 Å². The van der Waals surface area contributed by atoms with Crippen molar-refractivity contribution < 1.29 is 34.8 Å². The van der Waals surface area contributed by atoms with Crippen molar-refractivity contribution in [2.24, 2.45) is 28.6 Å². The van der Waals surface area contributed by atoms with Crippen molar-refractivity contribution in [2.45, 2.75) is 129 Å². The number of ketones is 1. The summed E-state index contributed by atoms with van der Waals surface area (Å²) in [5.41, 5.74) is -4.64. The second-order valence-electron chi connectivity index (χ2n) is 13.4. The number of allylic oxidation sites excluding steroid dienone is 1. The summed E-state index contributed by atoms with van der Waals surface area (Å²) in [4.78, 5) is 27.5. The van der Waals surface area contributed by atoms with Crippen molar-refractivity contribution in [1.82, 2.24) is 0 Å². The number of hydrogen-bond donors (Lipinski definition) is 4. The summed E-state index contributed by atoms with van der Waals surface area (Å²) in [6.45, 7) is 9.16. The van der Waals surface area contributed by atoms with E-state index >= 15 is 0 Å². The Labute approximate surface area is 233 Å². The fourth-order valence-corrected chi connectivity index (χ4v) is 8.56. The van der Waals surface area contributed by atoms with Gasteiger partial charge in [0.25, 0.3) is 0 Å². The molecule has 4 aliphatic carbocycles. The highest BCUT2D eigenvalue weighted by atomic mass is 16.6. The molecule has 2 fully saturated rings. The standard InChI is InChI=1S/C32H50O7/c1-6-7-8-9-10-11-12-13-14-15-24(34)39-31-18-21(3)30-17-20(2)26(35)32(30,38)27(36)22(19-33)16-23(28(30)37)25(31)29(31,4)5/h16-17,21,23,25-27,33,35-36,38H,6-15,18-19H2,1-5H3/t21-,23-,25-,26+,27-,30+,31+,32-/m1/s1. The molecule has 0 radical (unpaired) electrons. The fraction of sp³-hybridized carbons (Fsp3) is 0.812. The van der Waals surface area contributed by atoms with Gasteiger partial charge in [-0.05, 0) is 36.8 Å². The van der Waals surface area contributed by atoms with Gasteiger partial charge in [0.05, 0.1) is 12.0 Å². The maximum atomic E-state index is 14.4. The third-order valence-corrected chi connectivity index (χ3v) is 10.8. The lowest BCUT2D eigenvalue weighted by Crippen LogP contribution is -2.65. The number of esters is 1. The first kappa shape index (κ1) is 30.4. The summed E-state index contributed by atoms with van der Waals surface area (Å²) in [5.74, 6) is -2.21. The van der Waals surface area contributed by atoms with Gasteiger partial charge in [-0.3, -0.25) is 9.59 Å². The van der Waals surface area contributed by atoms with Crippen LogP contribution in [0.15, 0.2) is 23.3 Å². The molecule has 4 rings (SSSR count). The Kier molecular flexibility index (Phi) is 8.61. The number of carbonyl (C=O) groups excluding carboxylic acids is 2. The summed E-state index contributed by atoms with van der Waals surface area (Å²) in [6.07, 6.45) is 11.2. The molecular formula is C32H50O7. The van der Waals surface area contributed by atoms with Crippen LogP contribution in [0.3, 0.4) is 0 Å². The predicted octanol–water partition coefficient (Wildman–Crippen LogP) is 4.40. The molecule has 4 aliphatic rings. The zero-order valence-electron chi connectivity index (χ0n) is 24.5. The molecule has 1 spiro atoms. The van der Waals surface area contributed by atoms with Gasteiger partial charge in [-0.1, -0.05) is 91.2 Å². The molecule has 0 aromatic heterocycles. The van der Waals surface area contributed by atoms with Crippen LogP contribution in [0.1, 0.15) is 105 Å². The number of Topliss-reactive ketones (excluding diaryl/α,β-unsaturated/α-hetero) is 1. The van der Waals surface area contributed by atoms with Crippen LogP contribution in [0, 0.1) is 28.6 Å². The Balaban J connectivity index is 1.53. The molecule has 0 aromatic rings. The third kappa shape index (κ3) is 4.47. The molecule has 0 heterocycles. The van der Waals surface area contributed by atoms with Crippen molar-refractivity contribution >= 4 is 11.8 Å². The molecule has 0 unspecified atom stereocenters. The smallest absolute Gasteiger partial charge is 0.306 e. The van der Waals surface area contributed by atoms with Crippen molar-refractivity contribution in [1.29, 1.82) is 0 Å². The quantitative estimate of drug-likeness (QED) is 0.162. The minimum absolute atomic E-state index is 0.117. The average Bonchev–Trinajstić information content (AvgIpc) is 3.30. The van der Waals surface area contributed by atoms with Gasteiger partial charge in [0.2, 0.25) is 0 Å². The minimum Gasteiger partial charge on any atom is -0.458 e. The molecule has 4 N–H and O–H groups in total. The van der Waals surface area contributed by atoms with Gasteiger partial charge in [0.1, 0.15) is 23.4 Å². The Hall–Kier alpha value is -1.54. The summed E-state index contributed by atoms with van der Waals surface area (Å²) >= 11 is 0. The van der Waals surface area contributed by atoms with Crippen molar-refractivity contribution in [3.63, 3.8) is 0 Å². The maximum Gasteiger partial charge on any atom is 0.306 e. The van der Waals surface area contributed by atoms with Crippen LogP contribution in [-0.4, -0.2) is 62.2 Å². The molecule has 7 heteroatoms. The van der Waals surface area contributed by atoms with E-state index in [1.165, 1.54) is 38.5 Å². The van der Waals surface area contributed by atoms with Crippen LogP contribution in [0.25, 0.3) is 0 Å². The monoisotopic (exact) mass is 546 g/mol. The molecule has 2 saturated carbocycles. The van der Waals surface area contributed by atoms with Gasteiger partial charge in [0.15, 0.2) is 5.78 Å². The Morgan fingerprint density at radius 1 is 1.03 bits per heavy atom. The second kappa shape index (κ2) is 11.0. The zero-order valence-corrected chi connectivity index (χ0v) is 24.5. The number of fused-ring (bicyclic) bond motifs is 3. The van der Waals surface area contributed by atoms with Crippen LogP contribution in [0.4, 0.5) is 0 Å². The van der Waals surface area contributed by atoms with E-state index in [1.54, 1.807) is 19.1 Å². The molecule has 0 aromatic carbocycles. The average molecular weight is 547 g/mol. The number of aliphatic hydroxyl groups excluding tert-OH is 3. The summed E-state index contributed by atoms with van der Waals surface area (Å²) < 4.78 is 6.31. The molecule has 2 bridgehead atoms. The van der Waals surface area contributed by atoms with E-state index in [9.17, 15) is 30.0 Å². The number of unbranched alkanes of at least 4 members (excludes halogenated alkanes) is 8. The zero-order chi connectivity index (χ0) is 28.8. The van der Waals surface area contributed by atoms with Crippen molar-refractivity contribution in [2.75, 3.05) is 6.61 Å². The number of rotatable bonds is 12. The van der Waals surface area contributed by atoms with Crippen molar-refractivity contribution in [3.05, 3.63) is 23.3 Å². The molecule has 8 atom stereocenters. The van der Waals surface area contributed by atoms with Gasteiger partial charge in [-0.25, -0.2) is 0 Å². The van der Waals surface area contributed by atoms with E-state index in [0.29, 0.717) is 18.4 Å². The Bertz CT molecular complexity index is 1010. The topological polar surface area (TPSA) is 124 Å². The second-order valence-corrected chi connectivity index (χ2v) is 13.4. The molecule has 0 aliphatic heterocycles. The highest BCUT2D eigenvalue weighted by Gasteiger charge is 2.83.